The number of hydrogen-bond acceptors (Lipinski definition) is 4. The number of carbonyl (C=O) groups is 1. The smallest absolute Gasteiger partial charge is 0.251 e. The van der Waals surface area contributed by atoms with E-state index < -0.39 is 6.10 Å². The molecule has 5 nitrogen and oxygen atoms in total. The molecular weight excluding hydrogens is 318 g/mol. The summed E-state index contributed by atoms with van der Waals surface area (Å²) in [4.78, 5) is 12.3. The average Bonchev–Trinajstić information content (AvgIpc) is 2.90. The molecule has 3 rings (SSSR count). The molecule has 1 atom stereocenters. The first kappa shape index (κ1) is 17.3. The lowest BCUT2D eigenvalue weighted by Crippen LogP contribution is -2.32. The van der Waals surface area contributed by atoms with E-state index in [1.165, 1.54) is 5.56 Å². The van der Waals surface area contributed by atoms with Crippen molar-refractivity contribution >= 4 is 5.91 Å². The molecule has 2 aromatic carbocycles. The summed E-state index contributed by atoms with van der Waals surface area (Å²) in [5.41, 5.74) is 1.68. The van der Waals surface area contributed by atoms with Crippen molar-refractivity contribution in [2.24, 2.45) is 0 Å². The van der Waals surface area contributed by atoms with E-state index in [-0.39, 0.29) is 12.5 Å². The number of aliphatic hydroxyl groups is 1. The van der Waals surface area contributed by atoms with Gasteiger partial charge in [0.2, 0.25) is 0 Å². The standard InChI is InChI=1S/C20H23NO4/c22-17(9-7-15-5-2-1-3-6-15)14-21-20(23)16-8-10-18-19(13-16)25-12-4-11-24-18/h1-3,5-6,8,10,13,17,22H,4,7,9,11-12,14H2,(H,21,23). The van der Waals surface area contributed by atoms with Crippen molar-refractivity contribution in [3.8, 4) is 11.5 Å². The van der Waals surface area contributed by atoms with E-state index in [9.17, 15) is 9.90 Å². The fraction of sp³-hybridized carbons (Fsp3) is 0.350. The van der Waals surface area contributed by atoms with E-state index in [1.807, 2.05) is 30.3 Å². The number of ether oxygens (including phenoxy) is 2. The molecule has 1 unspecified atom stereocenters. The van der Waals surface area contributed by atoms with Crippen LogP contribution in [0.2, 0.25) is 0 Å². The number of carbonyl (C=O) groups excluding carboxylic acids is 1. The van der Waals surface area contributed by atoms with E-state index >= 15 is 0 Å². The van der Waals surface area contributed by atoms with Crippen molar-refractivity contribution in [1.82, 2.24) is 5.32 Å². The summed E-state index contributed by atoms with van der Waals surface area (Å²) in [7, 11) is 0. The minimum Gasteiger partial charge on any atom is -0.490 e. The maximum absolute atomic E-state index is 12.3. The molecule has 0 bridgehead atoms. The third kappa shape index (κ3) is 4.97. The third-order valence-corrected chi connectivity index (χ3v) is 4.12. The average molecular weight is 341 g/mol. The minimum absolute atomic E-state index is 0.222. The van der Waals surface area contributed by atoms with Gasteiger partial charge in [-0.05, 0) is 36.6 Å². The highest BCUT2D eigenvalue weighted by atomic mass is 16.5. The molecule has 25 heavy (non-hydrogen) atoms. The van der Waals surface area contributed by atoms with Crippen LogP contribution in [-0.4, -0.2) is 36.9 Å². The largest absolute Gasteiger partial charge is 0.490 e. The van der Waals surface area contributed by atoms with Gasteiger partial charge in [0, 0.05) is 18.5 Å². The van der Waals surface area contributed by atoms with Gasteiger partial charge in [0.15, 0.2) is 11.5 Å². The second-order valence-electron chi connectivity index (χ2n) is 6.10. The van der Waals surface area contributed by atoms with Crippen LogP contribution in [0, 0.1) is 0 Å². The lowest BCUT2D eigenvalue weighted by atomic mass is 10.1. The Morgan fingerprint density at radius 1 is 1.08 bits per heavy atom. The molecule has 132 valence electrons. The van der Waals surface area contributed by atoms with Crippen LogP contribution in [0.3, 0.4) is 0 Å². The predicted molar refractivity (Wildman–Crippen MR) is 95.2 cm³/mol. The molecule has 2 aromatic rings. The second kappa shape index (κ2) is 8.53. The Balaban J connectivity index is 1.49. The highest BCUT2D eigenvalue weighted by molar-refractivity contribution is 5.94. The third-order valence-electron chi connectivity index (χ3n) is 4.12. The van der Waals surface area contributed by atoms with Crippen molar-refractivity contribution in [2.75, 3.05) is 19.8 Å². The summed E-state index contributed by atoms with van der Waals surface area (Å²) in [6, 6.07) is 15.1. The van der Waals surface area contributed by atoms with Gasteiger partial charge in [-0.25, -0.2) is 0 Å². The topological polar surface area (TPSA) is 67.8 Å². The van der Waals surface area contributed by atoms with Crippen LogP contribution in [0.15, 0.2) is 48.5 Å². The first-order valence-corrected chi connectivity index (χ1v) is 8.62. The molecule has 1 amide bonds. The zero-order chi connectivity index (χ0) is 17.5. The number of amides is 1. The fourth-order valence-electron chi connectivity index (χ4n) is 2.70. The molecular formula is C20H23NO4. The van der Waals surface area contributed by atoms with Gasteiger partial charge < -0.3 is 19.9 Å². The highest BCUT2D eigenvalue weighted by Crippen LogP contribution is 2.30. The maximum atomic E-state index is 12.3. The van der Waals surface area contributed by atoms with Crippen LogP contribution in [-0.2, 0) is 6.42 Å². The van der Waals surface area contributed by atoms with E-state index in [1.54, 1.807) is 18.2 Å². The van der Waals surface area contributed by atoms with Crippen LogP contribution in [0.4, 0.5) is 0 Å². The molecule has 1 aliphatic rings. The SMILES string of the molecule is O=C(NCC(O)CCc1ccccc1)c1ccc2c(c1)OCCCO2. The fourth-order valence-corrected chi connectivity index (χ4v) is 2.70. The van der Waals surface area contributed by atoms with Crippen LogP contribution < -0.4 is 14.8 Å². The first-order chi connectivity index (χ1) is 12.2. The highest BCUT2D eigenvalue weighted by Gasteiger charge is 2.15. The summed E-state index contributed by atoms with van der Waals surface area (Å²) >= 11 is 0. The van der Waals surface area contributed by atoms with Crippen LogP contribution in [0.5, 0.6) is 11.5 Å². The minimum atomic E-state index is -0.579. The summed E-state index contributed by atoms with van der Waals surface area (Å²) < 4.78 is 11.2. The molecule has 0 radical (unpaired) electrons. The number of rotatable bonds is 6. The molecule has 1 heterocycles. The Kier molecular flexibility index (Phi) is 5.90. The monoisotopic (exact) mass is 341 g/mol. The van der Waals surface area contributed by atoms with Crippen LogP contribution >= 0.6 is 0 Å². The van der Waals surface area contributed by atoms with Gasteiger partial charge in [-0.15, -0.1) is 0 Å². The number of aliphatic hydroxyl groups excluding tert-OH is 1. The Bertz CT molecular complexity index is 702. The van der Waals surface area contributed by atoms with Gasteiger partial charge in [0.1, 0.15) is 0 Å². The quantitative estimate of drug-likeness (QED) is 0.847. The second-order valence-corrected chi connectivity index (χ2v) is 6.10. The molecule has 1 aliphatic heterocycles. The molecule has 0 fully saturated rings. The molecule has 0 saturated heterocycles. The lowest BCUT2D eigenvalue weighted by molar-refractivity contribution is 0.0910. The first-order valence-electron chi connectivity index (χ1n) is 8.62. The molecule has 0 aliphatic carbocycles. The summed E-state index contributed by atoms with van der Waals surface area (Å²) in [6.45, 7) is 1.42. The number of aryl methyl sites for hydroxylation is 1. The van der Waals surface area contributed by atoms with Crippen molar-refractivity contribution in [2.45, 2.75) is 25.4 Å². The Labute approximate surface area is 147 Å². The van der Waals surface area contributed by atoms with Gasteiger partial charge in [-0.1, -0.05) is 30.3 Å². The van der Waals surface area contributed by atoms with Crippen LogP contribution in [0.25, 0.3) is 0 Å². The molecule has 0 aromatic heterocycles. The zero-order valence-corrected chi connectivity index (χ0v) is 14.1. The van der Waals surface area contributed by atoms with Gasteiger partial charge in [0.25, 0.3) is 5.91 Å². The molecule has 2 N–H and O–H groups in total. The number of hydrogen-bond donors (Lipinski definition) is 2. The van der Waals surface area contributed by atoms with Gasteiger partial charge >= 0.3 is 0 Å². The number of nitrogens with one attached hydrogen (secondary N) is 1. The Morgan fingerprint density at radius 3 is 2.64 bits per heavy atom. The summed E-state index contributed by atoms with van der Waals surface area (Å²) in [6.07, 6.45) is 1.63. The predicted octanol–water partition coefficient (Wildman–Crippen LogP) is 2.57. The van der Waals surface area contributed by atoms with E-state index in [0.29, 0.717) is 36.7 Å². The van der Waals surface area contributed by atoms with E-state index in [2.05, 4.69) is 5.32 Å². The summed E-state index contributed by atoms with van der Waals surface area (Å²) in [5, 5.41) is 12.8. The Hall–Kier alpha value is -2.53. The van der Waals surface area contributed by atoms with Crippen molar-refractivity contribution < 1.29 is 19.4 Å². The van der Waals surface area contributed by atoms with Crippen molar-refractivity contribution in [3.05, 3.63) is 59.7 Å². The van der Waals surface area contributed by atoms with Crippen LogP contribution in [0.1, 0.15) is 28.8 Å². The lowest BCUT2D eigenvalue weighted by Gasteiger charge is -2.13. The van der Waals surface area contributed by atoms with E-state index in [0.717, 1.165) is 12.8 Å². The van der Waals surface area contributed by atoms with Gasteiger partial charge in [-0.3, -0.25) is 4.79 Å². The summed E-state index contributed by atoms with van der Waals surface area (Å²) in [5.74, 6) is 1.03. The Morgan fingerprint density at radius 2 is 1.84 bits per heavy atom. The zero-order valence-electron chi connectivity index (χ0n) is 14.1. The maximum Gasteiger partial charge on any atom is 0.251 e. The van der Waals surface area contributed by atoms with E-state index in [4.69, 9.17) is 9.47 Å². The van der Waals surface area contributed by atoms with Gasteiger partial charge in [-0.2, -0.15) is 0 Å². The van der Waals surface area contributed by atoms with Crippen molar-refractivity contribution in [1.29, 1.82) is 0 Å². The normalized spacial score (nSPS) is 14.4. The molecule has 5 heteroatoms. The molecule has 0 spiro atoms. The van der Waals surface area contributed by atoms with Gasteiger partial charge in [0.05, 0.1) is 19.3 Å². The molecule has 0 saturated carbocycles. The number of fused-ring (bicyclic) bond motifs is 1. The van der Waals surface area contributed by atoms with Crippen molar-refractivity contribution in [3.63, 3.8) is 0 Å². The number of benzene rings is 2.